The van der Waals surface area contributed by atoms with Gasteiger partial charge in [-0.1, -0.05) is 12.1 Å². The molecular formula is C27H29N7O3. The minimum absolute atomic E-state index is 0.0604. The number of hydrazine groups is 1. The number of rotatable bonds is 5. The van der Waals surface area contributed by atoms with Gasteiger partial charge in [0.15, 0.2) is 11.5 Å². The number of ether oxygens (including phenoxy) is 2. The molecule has 0 radical (unpaired) electrons. The quantitative estimate of drug-likeness (QED) is 0.167. The van der Waals surface area contributed by atoms with E-state index in [1.165, 1.54) is 0 Å². The molecule has 4 aromatic rings. The van der Waals surface area contributed by atoms with Crippen molar-refractivity contribution in [3.63, 3.8) is 0 Å². The van der Waals surface area contributed by atoms with Gasteiger partial charge < -0.3 is 19.9 Å². The Hall–Kier alpha value is -4.15. The van der Waals surface area contributed by atoms with Gasteiger partial charge in [-0.3, -0.25) is 14.5 Å². The summed E-state index contributed by atoms with van der Waals surface area (Å²) in [5, 5.41) is 0. The van der Waals surface area contributed by atoms with Crippen LogP contribution in [0.15, 0.2) is 76.8 Å². The molecular weight excluding hydrogens is 470 g/mol. The van der Waals surface area contributed by atoms with Crippen molar-refractivity contribution in [3.05, 3.63) is 83.0 Å². The average Bonchev–Trinajstić information content (AvgIpc) is 3.29. The number of hydrogen-bond donors (Lipinski definition) is 3. The van der Waals surface area contributed by atoms with Crippen LogP contribution in [0.1, 0.15) is 30.5 Å². The first-order valence-electron chi connectivity index (χ1n) is 12.5. The van der Waals surface area contributed by atoms with Gasteiger partial charge in [0.1, 0.15) is 19.0 Å². The molecule has 37 heavy (non-hydrogen) atoms. The molecule has 2 aliphatic rings. The number of likely N-dealkylation sites (tertiary alicyclic amines) is 1. The van der Waals surface area contributed by atoms with Gasteiger partial charge >= 0.3 is 5.69 Å². The first-order chi connectivity index (χ1) is 18.2. The molecule has 10 nitrogen and oxygen atoms in total. The molecule has 0 aliphatic carbocycles. The number of piperidine rings is 1. The van der Waals surface area contributed by atoms with E-state index in [1.54, 1.807) is 12.4 Å². The Kier molecular flexibility index (Phi) is 6.33. The summed E-state index contributed by atoms with van der Waals surface area (Å²) in [7, 11) is 0. The highest BCUT2D eigenvalue weighted by Crippen LogP contribution is 2.35. The predicted octanol–water partition coefficient (Wildman–Crippen LogP) is 3.07. The van der Waals surface area contributed by atoms with Crippen LogP contribution in [0.2, 0.25) is 0 Å². The smallest absolute Gasteiger partial charge is 0.326 e. The number of benzene rings is 2. The number of amidine groups is 1. The highest BCUT2D eigenvalue weighted by molar-refractivity contribution is 5.90. The van der Waals surface area contributed by atoms with Crippen molar-refractivity contribution >= 4 is 22.6 Å². The lowest BCUT2D eigenvalue weighted by molar-refractivity contribution is 0.164. The van der Waals surface area contributed by atoms with Crippen molar-refractivity contribution in [2.45, 2.75) is 24.9 Å². The first kappa shape index (κ1) is 23.3. The molecule has 2 aromatic heterocycles. The van der Waals surface area contributed by atoms with Gasteiger partial charge in [0.2, 0.25) is 0 Å². The summed E-state index contributed by atoms with van der Waals surface area (Å²) < 4.78 is 13.3. The lowest BCUT2D eigenvalue weighted by Crippen LogP contribution is -2.47. The van der Waals surface area contributed by atoms with Crippen molar-refractivity contribution < 1.29 is 9.47 Å². The number of hydrogen-bond acceptors (Lipinski definition) is 7. The van der Waals surface area contributed by atoms with Crippen molar-refractivity contribution in [3.8, 4) is 11.5 Å². The number of nitrogens with zero attached hydrogens (tertiary/aromatic N) is 4. The van der Waals surface area contributed by atoms with E-state index >= 15 is 0 Å². The molecule has 10 heteroatoms. The van der Waals surface area contributed by atoms with Crippen molar-refractivity contribution in [1.82, 2.24) is 24.9 Å². The van der Waals surface area contributed by atoms with Crippen LogP contribution in [0.4, 0.5) is 5.69 Å². The number of fused-ring (bicyclic) bond motifs is 2. The molecule has 0 saturated carbocycles. The number of para-hydroxylation sites is 2. The molecule has 1 unspecified atom stereocenters. The lowest BCUT2D eigenvalue weighted by Gasteiger charge is -2.38. The third-order valence-electron chi connectivity index (χ3n) is 7.06. The van der Waals surface area contributed by atoms with Crippen LogP contribution in [0.3, 0.4) is 0 Å². The predicted molar refractivity (Wildman–Crippen MR) is 141 cm³/mol. The van der Waals surface area contributed by atoms with Gasteiger partial charge in [0.25, 0.3) is 0 Å². The van der Waals surface area contributed by atoms with E-state index in [0.717, 1.165) is 48.2 Å². The Morgan fingerprint density at radius 2 is 1.81 bits per heavy atom. The second-order valence-electron chi connectivity index (χ2n) is 9.24. The third kappa shape index (κ3) is 4.56. The maximum atomic E-state index is 12.8. The Bertz CT molecular complexity index is 1470. The normalized spacial score (nSPS) is 17.6. The summed E-state index contributed by atoms with van der Waals surface area (Å²) in [4.78, 5) is 27.2. The number of aliphatic imine (C=N–C) groups is 1. The Morgan fingerprint density at radius 1 is 1.05 bits per heavy atom. The van der Waals surface area contributed by atoms with Gasteiger partial charge in [-0.05, 0) is 54.8 Å². The van der Waals surface area contributed by atoms with Gasteiger partial charge in [-0.2, -0.15) is 0 Å². The molecule has 190 valence electrons. The topological polar surface area (TPSA) is 123 Å². The number of aromatic amines is 1. The monoisotopic (exact) mass is 499 g/mol. The van der Waals surface area contributed by atoms with Crippen molar-refractivity contribution in [1.29, 1.82) is 0 Å². The van der Waals surface area contributed by atoms with Gasteiger partial charge in [-0.25, -0.2) is 15.6 Å². The van der Waals surface area contributed by atoms with Crippen LogP contribution in [0.5, 0.6) is 11.5 Å². The highest BCUT2D eigenvalue weighted by Gasteiger charge is 2.31. The SMILES string of the molecule is NNC(=Nc1ccc2c(c1)OCCO2)C(c1ccncc1)N1CCC(n2c(=O)[nH]c3ccccc32)CC1. The number of imidazole rings is 1. The van der Waals surface area contributed by atoms with Gasteiger partial charge in [0.05, 0.1) is 22.8 Å². The molecule has 1 atom stereocenters. The van der Waals surface area contributed by atoms with E-state index in [0.29, 0.717) is 30.5 Å². The van der Waals surface area contributed by atoms with Gasteiger partial charge in [-0.15, -0.1) is 0 Å². The summed E-state index contributed by atoms with van der Waals surface area (Å²) in [5.74, 6) is 8.07. The van der Waals surface area contributed by atoms with E-state index in [9.17, 15) is 4.79 Å². The maximum absolute atomic E-state index is 12.8. The Labute approximate surface area is 213 Å². The number of nitrogens with two attached hydrogens (primary N) is 1. The number of nitrogens with one attached hydrogen (secondary N) is 2. The maximum Gasteiger partial charge on any atom is 0.326 e. The molecule has 6 rings (SSSR count). The first-order valence-corrected chi connectivity index (χ1v) is 12.5. The fourth-order valence-electron chi connectivity index (χ4n) is 5.34. The standard InChI is InChI=1S/C27H29N7O3/c28-32-26(30-19-5-6-23-24(17-19)37-16-15-36-23)25(18-7-11-29-12-8-18)33-13-9-20(10-14-33)34-22-4-2-1-3-21(22)31-27(34)35/h1-8,11-12,17,20,25H,9-10,13-16,28H2,(H,30,32)(H,31,35). The zero-order valence-electron chi connectivity index (χ0n) is 20.3. The molecule has 4 heterocycles. The molecule has 0 amide bonds. The van der Waals surface area contributed by atoms with E-state index in [-0.39, 0.29) is 17.8 Å². The fourth-order valence-corrected chi connectivity index (χ4v) is 5.34. The van der Waals surface area contributed by atoms with Crippen molar-refractivity contribution in [2.24, 2.45) is 10.8 Å². The zero-order valence-corrected chi connectivity index (χ0v) is 20.3. The molecule has 4 N–H and O–H groups in total. The lowest BCUT2D eigenvalue weighted by atomic mass is 9.98. The fraction of sp³-hybridized carbons (Fsp3) is 0.296. The number of aromatic nitrogens is 3. The molecule has 2 aliphatic heterocycles. The van der Waals surface area contributed by atoms with Crippen LogP contribution in [-0.2, 0) is 0 Å². The third-order valence-corrected chi connectivity index (χ3v) is 7.06. The second kappa shape index (κ2) is 10.1. The van der Waals surface area contributed by atoms with Crippen LogP contribution in [0, 0.1) is 0 Å². The number of H-pyrrole nitrogens is 1. The average molecular weight is 500 g/mol. The van der Waals surface area contributed by atoms with Crippen LogP contribution < -0.4 is 26.4 Å². The molecule has 0 bridgehead atoms. The summed E-state index contributed by atoms with van der Waals surface area (Å²) in [5.41, 5.74) is 6.36. The minimum atomic E-state index is -0.207. The van der Waals surface area contributed by atoms with Crippen LogP contribution in [0.25, 0.3) is 11.0 Å². The zero-order chi connectivity index (χ0) is 25.2. The summed E-state index contributed by atoms with van der Waals surface area (Å²) in [6.45, 7) is 2.59. The summed E-state index contributed by atoms with van der Waals surface area (Å²) in [6.07, 6.45) is 5.20. The van der Waals surface area contributed by atoms with Crippen LogP contribution >= 0.6 is 0 Å². The largest absolute Gasteiger partial charge is 0.486 e. The molecule has 2 aromatic carbocycles. The Balaban J connectivity index is 1.29. The summed E-state index contributed by atoms with van der Waals surface area (Å²) >= 11 is 0. The minimum Gasteiger partial charge on any atom is -0.486 e. The van der Waals surface area contributed by atoms with E-state index < -0.39 is 0 Å². The molecule has 1 saturated heterocycles. The van der Waals surface area contributed by atoms with E-state index in [4.69, 9.17) is 20.3 Å². The van der Waals surface area contributed by atoms with Crippen LogP contribution in [-0.4, -0.2) is 51.6 Å². The molecule has 1 fully saturated rings. The number of pyridine rings is 1. The highest BCUT2D eigenvalue weighted by atomic mass is 16.6. The Morgan fingerprint density at radius 3 is 2.59 bits per heavy atom. The second-order valence-corrected chi connectivity index (χ2v) is 9.24. The van der Waals surface area contributed by atoms with E-state index in [2.05, 4.69) is 20.3 Å². The van der Waals surface area contributed by atoms with Gasteiger partial charge in [0, 0.05) is 37.6 Å². The van der Waals surface area contributed by atoms with Crippen molar-refractivity contribution in [2.75, 3.05) is 26.3 Å². The van der Waals surface area contributed by atoms with E-state index in [1.807, 2.05) is 59.2 Å². The molecule has 0 spiro atoms. The summed E-state index contributed by atoms with van der Waals surface area (Å²) in [6, 6.07) is 17.3.